The fraction of sp³-hybridized carbons (Fsp3) is 0.333. The highest BCUT2D eigenvalue weighted by atomic mass is 35.5. The molecule has 1 saturated heterocycles. The van der Waals surface area contributed by atoms with Crippen LogP contribution in [0.3, 0.4) is 0 Å². The molecule has 1 aliphatic rings. The van der Waals surface area contributed by atoms with E-state index >= 15 is 0 Å². The molecule has 0 amide bonds. The van der Waals surface area contributed by atoms with Crippen LogP contribution in [0, 0.1) is 5.82 Å². The van der Waals surface area contributed by atoms with Gasteiger partial charge in [-0.15, -0.1) is 0 Å². The average Bonchev–Trinajstić information content (AvgIpc) is 2.99. The molecule has 0 saturated carbocycles. The zero-order chi connectivity index (χ0) is 18.9. The van der Waals surface area contributed by atoms with E-state index in [1.807, 2.05) is 0 Å². The van der Waals surface area contributed by atoms with Crippen molar-refractivity contribution in [2.24, 2.45) is 0 Å². The van der Waals surface area contributed by atoms with Crippen LogP contribution in [0.1, 0.15) is 6.42 Å². The van der Waals surface area contributed by atoms with E-state index in [1.165, 1.54) is 18.2 Å². The number of halogens is 6. The van der Waals surface area contributed by atoms with Crippen molar-refractivity contribution in [1.29, 1.82) is 0 Å². The summed E-state index contributed by atoms with van der Waals surface area (Å²) in [5.74, 6) is -0.843. The molecule has 2 aromatic rings. The van der Waals surface area contributed by atoms with Crippen LogP contribution in [0.15, 0.2) is 42.5 Å². The minimum Gasteiger partial charge on any atom is -0.370 e. The molecule has 3 rings (SSSR count). The van der Waals surface area contributed by atoms with Crippen molar-refractivity contribution in [3.63, 3.8) is 0 Å². The molecule has 2 aromatic carbocycles. The summed E-state index contributed by atoms with van der Waals surface area (Å²) in [6, 6.07) is 7.29. The van der Waals surface area contributed by atoms with Gasteiger partial charge in [0, 0.05) is 28.7 Å². The molecule has 3 atom stereocenters. The van der Waals surface area contributed by atoms with E-state index in [-0.39, 0.29) is 29.2 Å². The lowest BCUT2D eigenvalue weighted by atomic mass is 10.0. The first-order valence-electron chi connectivity index (χ1n) is 8.01. The normalized spacial score (nSPS) is 21.6. The molecule has 8 heteroatoms. The average molecular weight is 391 g/mol. The first-order chi connectivity index (χ1) is 12.3. The van der Waals surface area contributed by atoms with E-state index in [4.69, 9.17) is 11.6 Å². The predicted molar refractivity (Wildman–Crippen MR) is 91.6 cm³/mol. The molecule has 1 heterocycles. The van der Waals surface area contributed by atoms with Crippen molar-refractivity contribution in [2.75, 3.05) is 11.9 Å². The van der Waals surface area contributed by atoms with Gasteiger partial charge in [0.05, 0.1) is 5.69 Å². The summed E-state index contributed by atoms with van der Waals surface area (Å²) in [5.41, 5.74) is 0.153. The third-order valence-corrected chi connectivity index (χ3v) is 4.67. The molecule has 0 radical (unpaired) electrons. The lowest BCUT2D eigenvalue weighted by Crippen LogP contribution is -2.50. The molecule has 2 nitrogen and oxygen atoms in total. The Balaban J connectivity index is 1.94. The number of rotatable bonds is 4. The molecule has 0 spiro atoms. The first kappa shape index (κ1) is 18.9. The van der Waals surface area contributed by atoms with Gasteiger partial charge in [0.25, 0.3) is 0 Å². The minimum absolute atomic E-state index is 0.0873. The van der Waals surface area contributed by atoms with Crippen LogP contribution < -0.4 is 10.6 Å². The summed E-state index contributed by atoms with van der Waals surface area (Å²) in [6.45, 7) is -0.152. The molecule has 0 aromatic heterocycles. The van der Waals surface area contributed by atoms with Crippen molar-refractivity contribution in [3.8, 4) is 11.1 Å². The Hall–Kier alpha value is -1.86. The maximum absolute atomic E-state index is 14.9. The van der Waals surface area contributed by atoms with Crippen LogP contribution in [-0.2, 0) is 0 Å². The van der Waals surface area contributed by atoms with E-state index in [9.17, 15) is 22.0 Å². The van der Waals surface area contributed by atoms with Crippen LogP contribution in [0.4, 0.5) is 27.6 Å². The molecule has 2 N–H and O–H groups in total. The third kappa shape index (κ3) is 3.94. The standard InChI is InChI=1S/C18H16ClF5N2/c19-13-6-2-1-4-11(13)12-5-3-7-14(16(12)21)26-17(18(22,23)24)15-8-10(20)9-25-15/h1-7,10,15,17,25-26H,8-9H2/t10-,15?,17?/m1/s1. The molecular weight excluding hydrogens is 375 g/mol. The topological polar surface area (TPSA) is 24.1 Å². The van der Waals surface area contributed by atoms with Gasteiger partial charge in [-0.2, -0.15) is 13.2 Å². The molecule has 1 fully saturated rings. The highest BCUT2D eigenvalue weighted by molar-refractivity contribution is 6.33. The SMILES string of the molecule is Fc1c(NC(C2C[C@@H](F)CN2)C(F)(F)F)cccc1-c1ccccc1Cl. The molecule has 1 aliphatic heterocycles. The summed E-state index contributed by atoms with van der Waals surface area (Å²) in [6.07, 6.45) is -6.32. The van der Waals surface area contributed by atoms with Crippen molar-refractivity contribution in [2.45, 2.75) is 30.9 Å². The Morgan fingerprint density at radius 2 is 1.77 bits per heavy atom. The van der Waals surface area contributed by atoms with Crippen LogP contribution in [0.25, 0.3) is 11.1 Å². The molecule has 0 bridgehead atoms. The largest absolute Gasteiger partial charge is 0.410 e. The van der Waals surface area contributed by atoms with Crippen molar-refractivity contribution in [1.82, 2.24) is 5.32 Å². The van der Waals surface area contributed by atoms with E-state index in [2.05, 4.69) is 10.6 Å². The number of hydrogen-bond donors (Lipinski definition) is 2. The fourth-order valence-electron chi connectivity index (χ4n) is 3.08. The first-order valence-corrected chi connectivity index (χ1v) is 8.39. The van der Waals surface area contributed by atoms with Gasteiger partial charge in [0.1, 0.15) is 12.2 Å². The van der Waals surface area contributed by atoms with Crippen LogP contribution in [0.5, 0.6) is 0 Å². The van der Waals surface area contributed by atoms with Gasteiger partial charge in [-0.05, 0) is 18.6 Å². The molecule has 26 heavy (non-hydrogen) atoms. The quantitative estimate of drug-likeness (QED) is 0.702. The maximum atomic E-state index is 14.9. The molecular formula is C18H16ClF5N2. The lowest BCUT2D eigenvalue weighted by Gasteiger charge is -2.28. The van der Waals surface area contributed by atoms with E-state index in [0.717, 1.165) is 0 Å². The minimum atomic E-state index is -4.67. The van der Waals surface area contributed by atoms with Crippen LogP contribution >= 0.6 is 11.6 Å². The predicted octanol–water partition coefficient (Wildman–Crippen LogP) is 5.19. The van der Waals surface area contributed by atoms with Gasteiger partial charge in [0.15, 0.2) is 5.82 Å². The fourth-order valence-corrected chi connectivity index (χ4v) is 3.32. The molecule has 0 aliphatic carbocycles. The second-order valence-corrected chi connectivity index (χ2v) is 6.57. The number of anilines is 1. The highest BCUT2D eigenvalue weighted by Crippen LogP contribution is 2.35. The Labute approximate surface area is 152 Å². The summed E-state index contributed by atoms with van der Waals surface area (Å²) in [4.78, 5) is 0. The lowest BCUT2D eigenvalue weighted by molar-refractivity contribution is -0.147. The number of alkyl halides is 4. The summed E-state index contributed by atoms with van der Waals surface area (Å²) < 4.78 is 68.5. The van der Waals surface area contributed by atoms with Gasteiger partial charge in [-0.1, -0.05) is 41.9 Å². The van der Waals surface area contributed by atoms with Gasteiger partial charge >= 0.3 is 6.18 Å². The van der Waals surface area contributed by atoms with Crippen molar-refractivity contribution >= 4 is 17.3 Å². The smallest absolute Gasteiger partial charge is 0.370 e. The Morgan fingerprint density at radius 1 is 1.08 bits per heavy atom. The summed E-state index contributed by atoms with van der Waals surface area (Å²) >= 11 is 6.06. The van der Waals surface area contributed by atoms with Gasteiger partial charge in [-0.3, -0.25) is 0 Å². The summed E-state index contributed by atoms with van der Waals surface area (Å²) in [7, 11) is 0. The Bertz CT molecular complexity index is 780. The van der Waals surface area contributed by atoms with E-state index in [1.54, 1.807) is 24.3 Å². The van der Waals surface area contributed by atoms with Gasteiger partial charge in [-0.25, -0.2) is 8.78 Å². The van der Waals surface area contributed by atoms with E-state index in [0.29, 0.717) is 5.56 Å². The zero-order valence-corrected chi connectivity index (χ0v) is 14.2. The molecule has 140 valence electrons. The van der Waals surface area contributed by atoms with E-state index < -0.39 is 30.2 Å². The highest BCUT2D eigenvalue weighted by Gasteiger charge is 2.47. The summed E-state index contributed by atoms with van der Waals surface area (Å²) in [5, 5.41) is 5.00. The second kappa shape index (κ2) is 7.40. The number of hydrogen-bond acceptors (Lipinski definition) is 2. The Morgan fingerprint density at radius 3 is 2.38 bits per heavy atom. The maximum Gasteiger partial charge on any atom is 0.410 e. The van der Waals surface area contributed by atoms with Gasteiger partial charge < -0.3 is 10.6 Å². The third-order valence-electron chi connectivity index (χ3n) is 4.34. The van der Waals surface area contributed by atoms with Gasteiger partial charge in [0.2, 0.25) is 0 Å². The van der Waals surface area contributed by atoms with Crippen LogP contribution in [-0.4, -0.2) is 31.0 Å². The zero-order valence-electron chi connectivity index (χ0n) is 13.5. The van der Waals surface area contributed by atoms with Crippen molar-refractivity contribution in [3.05, 3.63) is 53.3 Å². The van der Waals surface area contributed by atoms with Crippen molar-refractivity contribution < 1.29 is 22.0 Å². The second-order valence-electron chi connectivity index (χ2n) is 6.16. The van der Waals surface area contributed by atoms with Crippen LogP contribution in [0.2, 0.25) is 5.02 Å². The molecule has 2 unspecified atom stereocenters. The number of nitrogens with one attached hydrogen (secondary N) is 2. The monoisotopic (exact) mass is 390 g/mol. The number of benzene rings is 2. The Kier molecular flexibility index (Phi) is 5.39.